The molecule has 28 heavy (non-hydrogen) atoms. The Kier molecular flexibility index (Phi) is 6.02. The summed E-state index contributed by atoms with van der Waals surface area (Å²) in [6.45, 7) is 9.77. The number of hydrogen-bond acceptors (Lipinski definition) is 2. The highest BCUT2D eigenvalue weighted by molar-refractivity contribution is 5.40. The number of rotatable bonds is 7. The van der Waals surface area contributed by atoms with Gasteiger partial charge in [0.2, 0.25) is 0 Å². The molecular weight excluding hydrogens is 342 g/mol. The van der Waals surface area contributed by atoms with E-state index in [1.165, 1.54) is 16.7 Å². The minimum atomic E-state index is -0.655. The second-order valence-electron chi connectivity index (χ2n) is 8.41. The Morgan fingerprint density at radius 1 is 0.750 bits per heavy atom. The van der Waals surface area contributed by atoms with Crippen molar-refractivity contribution in [3.63, 3.8) is 0 Å². The van der Waals surface area contributed by atoms with E-state index in [4.69, 9.17) is 10.5 Å². The number of nitrogens with two attached hydrogens (primary N) is 1. The molecule has 146 valence electrons. The first-order chi connectivity index (χ1) is 13.3. The van der Waals surface area contributed by atoms with E-state index < -0.39 is 5.54 Å². The molecule has 3 aromatic carbocycles. The van der Waals surface area contributed by atoms with Gasteiger partial charge in [-0.3, -0.25) is 0 Å². The highest BCUT2D eigenvalue weighted by atomic mass is 16.5. The SMILES string of the molecule is Cc1cc(C)cc(COCC(C)(C)C(N)(c2ccccc2)c2ccccc2)c1. The molecule has 0 fully saturated rings. The number of ether oxygens (including phenoxy) is 1. The van der Waals surface area contributed by atoms with Crippen LogP contribution >= 0.6 is 0 Å². The van der Waals surface area contributed by atoms with Crippen molar-refractivity contribution in [2.24, 2.45) is 11.1 Å². The highest BCUT2D eigenvalue weighted by Crippen LogP contribution is 2.43. The zero-order chi connectivity index (χ0) is 20.2. The molecule has 0 aliphatic carbocycles. The van der Waals surface area contributed by atoms with Gasteiger partial charge in [-0.2, -0.15) is 0 Å². The lowest BCUT2D eigenvalue weighted by atomic mass is 9.65. The van der Waals surface area contributed by atoms with Crippen molar-refractivity contribution in [3.05, 3.63) is 107 Å². The summed E-state index contributed by atoms with van der Waals surface area (Å²) in [5.74, 6) is 0. The van der Waals surface area contributed by atoms with Gasteiger partial charge in [0.15, 0.2) is 0 Å². The van der Waals surface area contributed by atoms with Gasteiger partial charge in [0.25, 0.3) is 0 Å². The minimum Gasteiger partial charge on any atom is -0.376 e. The van der Waals surface area contributed by atoms with Gasteiger partial charge in [0, 0.05) is 5.41 Å². The Balaban J connectivity index is 1.86. The molecule has 2 N–H and O–H groups in total. The molecule has 0 aliphatic heterocycles. The van der Waals surface area contributed by atoms with E-state index in [1.54, 1.807) is 0 Å². The normalized spacial score (nSPS) is 12.2. The third kappa shape index (κ3) is 4.19. The van der Waals surface area contributed by atoms with E-state index in [0.717, 1.165) is 11.1 Å². The summed E-state index contributed by atoms with van der Waals surface area (Å²) in [6.07, 6.45) is 0. The van der Waals surface area contributed by atoms with Crippen molar-refractivity contribution in [3.8, 4) is 0 Å². The molecule has 3 aromatic rings. The zero-order valence-corrected chi connectivity index (χ0v) is 17.4. The van der Waals surface area contributed by atoms with Crippen molar-refractivity contribution < 1.29 is 4.74 Å². The van der Waals surface area contributed by atoms with Gasteiger partial charge in [-0.05, 0) is 30.5 Å². The molecule has 0 amide bonds. The maximum Gasteiger partial charge on any atom is 0.0739 e. The molecule has 0 saturated carbocycles. The van der Waals surface area contributed by atoms with Crippen LogP contribution in [0.15, 0.2) is 78.9 Å². The lowest BCUT2D eigenvalue weighted by molar-refractivity contribution is 0.0172. The van der Waals surface area contributed by atoms with Gasteiger partial charge in [-0.15, -0.1) is 0 Å². The smallest absolute Gasteiger partial charge is 0.0739 e. The van der Waals surface area contributed by atoms with Crippen LogP contribution in [-0.2, 0) is 16.9 Å². The Morgan fingerprint density at radius 3 is 1.68 bits per heavy atom. The molecule has 0 aromatic heterocycles. The van der Waals surface area contributed by atoms with E-state index in [9.17, 15) is 0 Å². The third-order valence-corrected chi connectivity index (χ3v) is 5.54. The topological polar surface area (TPSA) is 35.2 Å². The first-order valence-corrected chi connectivity index (χ1v) is 9.88. The lowest BCUT2D eigenvalue weighted by Crippen LogP contribution is -2.53. The Labute approximate surface area is 169 Å². The minimum absolute atomic E-state index is 0.311. The monoisotopic (exact) mass is 373 g/mol. The largest absolute Gasteiger partial charge is 0.376 e. The zero-order valence-electron chi connectivity index (χ0n) is 17.4. The summed E-state index contributed by atoms with van der Waals surface area (Å²) < 4.78 is 6.20. The number of aryl methyl sites for hydroxylation is 2. The fourth-order valence-corrected chi connectivity index (χ4v) is 4.04. The summed E-state index contributed by atoms with van der Waals surface area (Å²) in [5, 5.41) is 0. The van der Waals surface area contributed by atoms with Crippen LogP contribution in [0.5, 0.6) is 0 Å². The summed E-state index contributed by atoms with van der Waals surface area (Å²) in [7, 11) is 0. The first-order valence-electron chi connectivity index (χ1n) is 9.88. The van der Waals surface area contributed by atoms with Gasteiger partial charge in [-0.1, -0.05) is 104 Å². The van der Waals surface area contributed by atoms with Crippen LogP contribution in [-0.4, -0.2) is 6.61 Å². The second-order valence-corrected chi connectivity index (χ2v) is 8.41. The molecule has 0 saturated heterocycles. The van der Waals surface area contributed by atoms with Gasteiger partial charge >= 0.3 is 0 Å². The van der Waals surface area contributed by atoms with Crippen LogP contribution in [0.3, 0.4) is 0 Å². The predicted octanol–water partition coefficient (Wildman–Crippen LogP) is 5.75. The molecule has 0 atom stereocenters. The molecule has 0 unspecified atom stereocenters. The second kappa shape index (κ2) is 8.30. The van der Waals surface area contributed by atoms with Crippen molar-refractivity contribution in [1.29, 1.82) is 0 Å². The molecule has 0 radical (unpaired) electrons. The molecule has 0 heterocycles. The summed E-state index contributed by atoms with van der Waals surface area (Å²) >= 11 is 0. The fraction of sp³-hybridized carbons (Fsp3) is 0.308. The lowest BCUT2D eigenvalue weighted by Gasteiger charge is -2.45. The molecule has 3 rings (SSSR count). The van der Waals surface area contributed by atoms with Crippen LogP contribution in [0.4, 0.5) is 0 Å². The molecule has 0 aliphatic rings. The third-order valence-electron chi connectivity index (χ3n) is 5.54. The maximum atomic E-state index is 7.17. The standard InChI is InChI=1S/C26H31NO/c1-20-15-21(2)17-22(16-20)18-28-19-25(3,4)26(27,23-11-7-5-8-12-23)24-13-9-6-10-14-24/h5-17H,18-19,27H2,1-4H3. The van der Waals surface area contributed by atoms with E-state index in [2.05, 4.69) is 70.2 Å². The van der Waals surface area contributed by atoms with E-state index >= 15 is 0 Å². The van der Waals surface area contributed by atoms with Gasteiger partial charge in [0.1, 0.15) is 0 Å². The maximum absolute atomic E-state index is 7.17. The van der Waals surface area contributed by atoms with Crippen molar-refractivity contribution in [2.45, 2.75) is 39.8 Å². The Bertz CT molecular complexity index is 840. The molecule has 2 heteroatoms. The van der Waals surface area contributed by atoms with Gasteiger partial charge < -0.3 is 10.5 Å². The highest BCUT2D eigenvalue weighted by Gasteiger charge is 2.44. The van der Waals surface area contributed by atoms with E-state index in [0.29, 0.717) is 13.2 Å². The number of hydrogen-bond donors (Lipinski definition) is 1. The average Bonchev–Trinajstić information content (AvgIpc) is 2.67. The molecule has 2 nitrogen and oxygen atoms in total. The van der Waals surface area contributed by atoms with Crippen molar-refractivity contribution in [1.82, 2.24) is 0 Å². The van der Waals surface area contributed by atoms with Gasteiger partial charge in [0.05, 0.1) is 18.8 Å². The summed E-state index contributed by atoms with van der Waals surface area (Å²) in [5.41, 5.74) is 12.1. The van der Waals surface area contributed by atoms with Crippen LogP contribution in [0.25, 0.3) is 0 Å². The summed E-state index contributed by atoms with van der Waals surface area (Å²) in [4.78, 5) is 0. The quantitative estimate of drug-likeness (QED) is 0.572. The van der Waals surface area contributed by atoms with Crippen LogP contribution in [0.1, 0.15) is 41.7 Å². The van der Waals surface area contributed by atoms with Crippen LogP contribution in [0.2, 0.25) is 0 Å². The van der Waals surface area contributed by atoms with Gasteiger partial charge in [-0.25, -0.2) is 0 Å². The van der Waals surface area contributed by atoms with Crippen LogP contribution in [0, 0.1) is 19.3 Å². The Morgan fingerprint density at radius 2 is 1.21 bits per heavy atom. The fourth-order valence-electron chi connectivity index (χ4n) is 4.04. The molecule has 0 bridgehead atoms. The average molecular weight is 374 g/mol. The molecular formula is C26H31NO. The van der Waals surface area contributed by atoms with Crippen molar-refractivity contribution >= 4 is 0 Å². The summed E-state index contributed by atoms with van der Waals surface area (Å²) in [6, 6.07) is 27.2. The van der Waals surface area contributed by atoms with Crippen molar-refractivity contribution in [2.75, 3.05) is 6.61 Å². The number of benzene rings is 3. The van der Waals surface area contributed by atoms with E-state index in [-0.39, 0.29) is 5.41 Å². The van der Waals surface area contributed by atoms with Crippen LogP contribution < -0.4 is 5.73 Å². The first kappa shape index (κ1) is 20.3. The molecule has 0 spiro atoms. The Hall–Kier alpha value is -2.42. The predicted molar refractivity (Wildman–Crippen MR) is 117 cm³/mol. The van der Waals surface area contributed by atoms with E-state index in [1.807, 2.05) is 36.4 Å².